The standard InChI is InChI=1S/C23H23F3N8O2/c1-36-18-12-31(15-35)5-6-32(13-18)21-3-2-4-22(30-21)34-20-7-19(27-8-16(20)9-29-34)17-10-28-33(11-17)14-23(24,25)26/h2-4,7-11,15,18H,5-6,12-14H2,1H3/t18-/m0/s1. The van der Waals surface area contributed by atoms with Gasteiger partial charge in [-0.05, 0) is 18.2 Å². The van der Waals surface area contributed by atoms with Crippen molar-refractivity contribution in [2.24, 2.45) is 0 Å². The molecule has 5 heterocycles. The maximum atomic E-state index is 12.7. The molecular formula is C23H23F3N8O2. The minimum absolute atomic E-state index is 0.152. The number of carbonyl (C=O) groups excluding carboxylic acids is 1. The van der Waals surface area contributed by atoms with E-state index < -0.39 is 12.7 Å². The lowest BCUT2D eigenvalue weighted by Crippen LogP contribution is -2.35. The highest BCUT2D eigenvalue weighted by Gasteiger charge is 2.28. The normalized spacial score (nSPS) is 16.9. The van der Waals surface area contributed by atoms with Crippen molar-refractivity contribution < 1.29 is 22.7 Å². The lowest BCUT2D eigenvalue weighted by Gasteiger charge is -2.24. The van der Waals surface area contributed by atoms with Crippen molar-refractivity contribution in [1.82, 2.24) is 34.4 Å². The van der Waals surface area contributed by atoms with E-state index in [1.807, 2.05) is 18.2 Å². The number of methoxy groups -OCH3 is 1. The molecule has 0 radical (unpaired) electrons. The van der Waals surface area contributed by atoms with E-state index in [1.165, 1.54) is 12.4 Å². The highest BCUT2D eigenvalue weighted by molar-refractivity contribution is 5.83. The first-order chi connectivity index (χ1) is 17.3. The molecule has 188 valence electrons. The van der Waals surface area contributed by atoms with Gasteiger partial charge < -0.3 is 14.5 Å². The molecule has 1 saturated heterocycles. The van der Waals surface area contributed by atoms with Crippen molar-refractivity contribution in [2.75, 3.05) is 38.2 Å². The largest absolute Gasteiger partial charge is 0.408 e. The minimum Gasteiger partial charge on any atom is -0.378 e. The summed E-state index contributed by atoms with van der Waals surface area (Å²) in [6.07, 6.45) is 2.25. The molecule has 0 aromatic carbocycles. The molecule has 0 bridgehead atoms. The van der Waals surface area contributed by atoms with Gasteiger partial charge in [0.15, 0.2) is 5.82 Å². The smallest absolute Gasteiger partial charge is 0.378 e. The summed E-state index contributed by atoms with van der Waals surface area (Å²) in [6.45, 7) is 1.07. The van der Waals surface area contributed by atoms with Crippen LogP contribution in [0.1, 0.15) is 0 Å². The van der Waals surface area contributed by atoms with Gasteiger partial charge in [0.25, 0.3) is 0 Å². The van der Waals surface area contributed by atoms with Gasteiger partial charge in [0.2, 0.25) is 6.41 Å². The van der Waals surface area contributed by atoms with E-state index in [2.05, 4.69) is 20.1 Å². The quantitative estimate of drug-likeness (QED) is 0.376. The first kappa shape index (κ1) is 23.7. The van der Waals surface area contributed by atoms with E-state index in [0.717, 1.165) is 16.5 Å². The summed E-state index contributed by atoms with van der Waals surface area (Å²) in [7, 11) is 1.62. The van der Waals surface area contributed by atoms with E-state index in [1.54, 1.807) is 35.2 Å². The van der Waals surface area contributed by atoms with Crippen LogP contribution in [0, 0.1) is 0 Å². The molecule has 13 heteroatoms. The van der Waals surface area contributed by atoms with E-state index >= 15 is 0 Å². The molecule has 1 fully saturated rings. The number of pyridine rings is 2. The van der Waals surface area contributed by atoms with Crippen LogP contribution in [-0.2, 0) is 16.1 Å². The lowest BCUT2D eigenvalue weighted by atomic mass is 10.2. The zero-order chi connectivity index (χ0) is 25.3. The van der Waals surface area contributed by atoms with Gasteiger partial charge in [-0.2, -0.15) is 23.4 Å². The van der Waals surface area contributed by atoms with E-state index in [0.29, 0.717) is 54.6 Å². The Bertz CT molecular complexity index is 1370. The number of nitrogens with zero attached hydrogens (tertiary/aromatic N) is 8. The Hall–Kier alpha value is -4.00. The zero-order valence-electron chi connectivity index (χ0n) is 19.3. The summed E-state index contributed by atoms with van der Waals surface area (Å²) >= 11 is 0. The third kappa shape index (κ3) is 5.00. The molecule has 0 spiro atoms. The summed E-state index contributed by atoms with van der Waals surface area (Å²) in [5.41, 5.74) is 1.63. The molecule has 10 nitrogen and oxygen atoms in total. The van der Waals surface area contributed by atoms with Crippen LogP contribution in [0.3, 0.4) is 0 Å². The van der Waals surface area contributed by atoms with Crippen LogP contribution in [0.25, 0.3) is 28.0 Å². The fourth-order valence-electron chi connectivity index (χ4n) is 4.18. The third-order valence-corrected chi connectivity index (χ3v) is 5.99. The van der Waals surface area contributed by atoms with Crippen molar-refractivity contribution in [2.45, 2.75) is 18.8 Å². The van der Waals surface area contributed by atoms with Crippen molar-refractivity contribution >= 4 is 23.1 Å². The Labute approximate surface area is 203 Å². The predicted octanol–water partition coefficient (Wildman–Crippen LogP) is 2.53. The van der Waals surface area contributed by atoms with Crippen molar-refractivity contribution in [1.29, 1.82) is 0 Å². The fraction of sp³-hybridized carbons (Fsp3) is 0.348. The van der Waals surface area contributed by atoms with Crippen LogP contribution in [0.5, 0.6) is 0 Å². The molecule has 0 aliphatic carbocycles. The van der Waals surface area contributed by atoms with Gasteiger partial charge in [-0.15, -0.1) is 0 Å². The molecule has 5 rings (SSSR count). The summed E-state index contributed by atoms with van der Waals surface area (Å²) in [5.74, 6) is 1.28. The molecule has 36 heavy (non-hydrogen) atoms. The number of ether oxygens (including phenoxy) is 1. The number of fused-ring (bicyclic) bond motifs is 1. The maximum absolute atomic E-state index is 12.7. The molecule has 4 aromatic heterocycles. The van der Waals surface area contributed by atoms with E-state index in [4.69, 9.17) is 9.72 Å². The number of hydrogen-bond acceptors (Lipinski definition) is 7. The second-order valence-electron chi connectivity index (χ2n) is 8.48. The Morgan fingerprint density at radius 3 is 2.72 bits per heavy atom. The molecule has 0 N–H and O–H groups in total. The number of anilines is 1. The SMILES string of the molecule is CO[C@H]1CN(C=O)CCN(c2cccc(-n3ncc4cnc(-c5cnn(CC(F)(F)F)c5)cc43)n2)C1. The maximum Gasteiger partial charge on any atom is 0.408 e. The Morgan fingerprint density at radius 2 is 1.94 bits per heavy atom. The first-order valence-electron chi connectivity index (χ1n) is 11.2. The van der Waals surface area contributed by atoms with Gasteiger partial charge in [-0.25, -0.2) is 9.67 Å². The first-order valence-corrected chi connectivity index (χ1v) is 11.2. The summed E-state index contributed by atoms with van der Waals surface area (Å²) < 4.78 is 46.1. The molecule has 0 saturated carbocycles. The Balaban J connectivity index is 1.45. The van der Waals surface area contributed by atoms with Gasteiger partial charge in [-0.3, -0.25) is 14.5 Å². The van der Waals surface area contributed by atoms with Crippen molar-refractivity contribution in [3.05, 3.63) is 49.1 Å². The third-order valence-electron chi connectivity index (χ3n) is 5.99. The lowest BCUT2D eigenvalue weighted by molar-refractivity contribution is -0.142. The number of alkyl halides is 3. The molecule has 1 amide bonds. The molecule has 4 aromatic rings. The monoisotopic (exact) mass is 500 g/mol. The second-order valence-corrected chi connectivity index (χ2v) is 8.48. The molecule has 1 atom stereocenters. The molecule has 0 unspecified atom stereocenters. The number of amides is 1. The number of hydrogen-bond donors (Lipinski definition) is 0. The molecular weight excluding hydrogens is 477 g/mol. The predicted molar refractivity (Wildman–Crippen MR) is 125 cm³/mol. The average molecular weight is 500 g/mol. The zero-order valence-corrected chi connectivity index (χ0v) is 19.3. The fourth-order valence-corrected chi connectivity index (χ4v) is 4.18. The van der Waals surface area contributed by atoms with Gasteiger partial charge in [0.1, 0.15) is 12.4 Å². The van der Waals surface area contributed by atoms with Crippen molar-refractivity contribution in [3.63, 3.8) is 0 Å². The van der Waals surface area contributed by atoms with Crippen LogP contribution in [0.4, 0.5) is 19.0 Å². The number of halogens is 3. The summed E-state index contributed by atoms with van der Waals surface area (Å²) in [5, 5.41) is 9.02. The average Bonchev–Trinajstić information content (AvgIpc) is 3.43. The van der Waals surface area contributed by atoms with E-state index in [-0.39, 0.29) is 6.10 Å². The van der Waals surface area contributed by atoms with Crippen LogP contribution in [0.2, 0.25) is 0 Å². The van der Waals surface area contributed by atoms with Gasteiger partial charge in [0, 0.05) is 56.6 Å². The highest BCUT2D eigenvalue weighted by Crippen LogP contribution is 2.25. The van der Waals surface area contributed by atoms with Gasteiger partial charge >= 0.3 is 6.18 Å². The Morgan fingerprint density at radius 1 is 1.11 bits per heavy atom. The molecule has 1 aliphatic rings. The number of carbonyl (C=O) groups is 1. The summed E-state index contributed by atoms with van der Waals surface area (Å²) in [6, 6.07) is 7.33. The van der Waals surface area contributed by atoms with Gasteiger partial charge in [-0.1, -0.05) is 6.07 Å². The van der Waals surface area contributed by atoms with Crippen molar-refractivity contribution in [3.8, 4) is 17.1 Å². The second kappa shape index (κ2) is 9.57. The minimum atomic E-state index is -4.36. The topological polar surface area (TPSA) is 94.2 Å². The van der Waals surface area contributed by atoms with Crippen LogP contribution >= 0.6 is 0 Å². The Kier molecular flexibility index (Phi) is 6.31. The van der Waals surface area contributed by atoms with Gasteiger partial charge in [0.05, 0.1) is 29.7 Å². The number of aromatic nitrogens is 6. The number of rotatable bonds is 6. The summed E-state index contributed by atoms with van der Waals surface area (Å²) in [4.78, 5) is 24.2. The highest BCUT2D eigenvalue weighted by atomic mass is 19.4. The van der Waals surface area contributed by atoms with Crippen LogP contribution in [0.15, 0.2) is 49.1 Å². The van der Waals surface area contributed by atoms with Crippen LogP contribution in [-0.4, -0.2) is 86.4 Å². The van der Waals surface area contributed by atoms with Crippen LogP contribution < -0.4 is 4.90 Å². The van der Waals surface area contributed by atoms with E-state index in [9.17, 15) is 18.0 Å². The molecule has 1 aliphatic heterocycles.